The van der Waals surface area contributed by atoms with E-state index in [9.17, 15) is 10.2 Å². The lowest BCUT2D eigenvalue weighted by atomic mass is 9.45. The summed E-state index contributed by atoms with van der Waals surface area (Å²) in [6.07, 6.45) is 10.6. The van der Waals surface area contributed by atoms with Gasteiger partial charge in [-0.1, -0.05) is 38.5 Å². The maximum Gasteiger partial charge on any atom is 0.0594 e. The zero-order valence-corrected chi connectivity index (χ0v) is 14.4. The van der Waals surface area contributed by atoms with Crippen molar-refractivity contribution in [2.75, 3.05) is 6.61 Å². The molecule has 2 nitrogen and oxygen atoms in total. The summed E-state index contributed by atoms with van der Waals surface area (Å²) < 4.78 is 0. The van der Waals surface area contributed by atoms with E-state index in [0.717, 1.165) is 32.1 Å². The number of aliphatic hydroxyl groups excluding tert-OH is 2. The van der Waals surface area contributed by atoms with Gasteiger partial charge >= 0.3 is 0 Å². The van der Waals surface area contributed by atoms with Gasteiger partial charge in [-0.05, 0) is 61.2 Å². The maximum atomic E-state index is 10.5. The fourth-order valence-electron chi connectivity index (χ4n) is 6.00. The molecule has 124 valence electrons. The van der Waals surface area contributed by atoms with E-state index >= 15 is 0 Å². The van der Waals surface area contributed by atoms with E-state index in [1.165, 1.54) is 6.42 Å². The van der Waals surface area contributed by atoms with Gasteiger partial charge < -0.3 is 10.2 Å². The highest BCUT2D eigenvalue weighted by molar-refractivity contribution is 5.27. The minimum Gasteiger partial charge on any atom is -0.395 e. The van der Waals surface area contributed by atoms with Gasteiger partial charge in [0.1, 0.15) is 0 Å². The Labute approximate surface area is 135 Å². The zero-order valence-electron chi connectivity index (χ0n) is 14.4. The first-order valence-electron chi connectivity index (χ1n) is 8.93. The average Bonchev–Trinajstić information content (AvgIpc) is 2.51. The molecular formula is C20H32O2. The summed E-state index contributed by atoms with van der Waals surface area (Å²) in [4.78, 5) is 0. The van der Waals surface area contributed by atoms with Gasteiger partial charge in [0.05, 0.1) is 12.7 Å². The summed E-state index contributed by atoms with van der Waals surface area (Å²) in [5.74, 6) is 1.22. The molecule has 0 aromatic heterocycles. The minimum absolute atomic E-state index is 0.0164. The average molecular weight is 304 g/mol. The summed E-state index contributed by atoms with van der Waals surface area (Å²) in [5.41, 5.74) is 1.67. The first kappa shape index (κ1) is 16.3. The Bertz CT molecular complexity index is 492. The molecule has 5 atom stereocenters. The molecule has 0 aromatic carbocycles. The van der Waals surface area contributed by atoms with Gasteiger partial charge in [-0.25, -0.2) is 0 Å². The predicted molar refractivity (Wildman–Crippen MR) is 90.4 cm³/mol. The molecule has 2 N–H and O–H groups in total. The number of rotatable bonds is 2. The van der Waals surface area contributed by atoms with Gasteiger partial charge in [0.15, 0.2) is 0 Å². The molecule has 2 saturated carbocycles. The number of allylic oxidation sites excluding steroid dienone is 1. The van der Waals surface area contributed by atoms with Crippen molar-refractivity contribution in [1.82, 2.24) is 0 Å². The van der Waals surface area contributed by atoms with E-state index in [2.05, 4.69) is 33.4 Å². The molecule has 0 bridgehead atoms. The summed E-state index contributed by atoms with van der Waals surface area (Å²) in [5, 5.41) is 20.3. The van der Waals surface area contributed by atoms with Gasteiger partial charge in [0.2, 0.25) is 0 Å². The van der Waals surface area contributed by atoms with E-state index < -0.39 is 0 Å². The lowest BCUT2D eigenvalue weighted by Crippen LogP contribution is -2.55. The molecule has 0 spiro atoms. The van der Waals surface area contributed by atoms with E-state index in [4.69, 9.17) is 0 Å². The molecule has 0 unspecified atom stereocenters. The molecule has 0 radical (unpaired) electrons. The Morgan fingerprint density at radius 1 is 1.23 bits per heavy atom. The van der Waals surface area contributed by atoms with Crippen LogP contribution in [-0.4, -0.2) is 22.9 Å². The molecular weight excluding hydrogens is 272 g/mol. The molecule has 2 fully saturated rings. The third-order valence-corrected chi connectivity index (χ3v) is 7.55. The van der Waals surface area contributed by atoms with Crippen LogP contribution in [0.25, 0.3) is 0 Å². The van der Waals surface area contributed by atoms with Crippen molar-refractivity contribution in [1.29, 1.82) is 0 Å². The van der Waals surface area contributed by atoms with Crippen LogP contribution in [0.3, 0.4) is 0 Å². The van der Waals surface area contributed by atoms with Gasteiger partial charge in [-0.3, -0.25) is 0 Å². The van der Waals surface area contributed by atoms with Crippen LogP contribution in [0.1, 0.15) is 59.3 Å². The van der Waals surface area contributed by atoms with Crippen molar-refractivity contribution in [3.63, 3.8) is 0 Å². The number of aliphatic hydroxyl groups is 2. The second-order valence-electron chi connectivity index (χ2n) is 8.88. The Kier molecular flexibility index (Phi) is 3.85. The second-order valence-corrected chi connectivity index (χ2v) is 8.88. The van der Waals surface area contributed by atoms with Crippen LogP contribution in [0.5, 0.6) is 0 Å². The van der Waals surface area contributed by atoms with E-state index in [0.29, 0.717) is 17.3 Å². The molecule has 2 heteroatoms. The molecule has 0 aromatic rings. The quantitative estimate of drug-likeness (QED) is 0.755. The van der Waals surface area contributed by atoms with Crippen molar-refractivity contribution in [2.24, 2.45) is 28.1 Å². The summed E-state index contributed by atoms with van der Waals surface area (Å²) in [6, 6.07) is 0. The van der Waals surface area contributed by atoms with E-state index in [1.54, 1.807) is 5.57 Å². The molecule has 0 heterocycles. The monoisotopic (exact) mass is 304 g/mol. The van der Waals surface area contributed by atoms with Gasteiger partial charge in [-0.15, -0.1) is 6.58 Å². The van der Waals surface area contributed by atoms with Crippen molar-refractivity contribution in [3.8, 4) is 0 Å². The van der Waals surface area contributed by atoms with Crippen molar-refractivity contribution in [2.45, 2.75) is 65.4 Å². The lowest BCUT2D eigenvalue weighted by molar-refractivity contribution is -0.127. The van der Waals surface area contributed by atoms with E-state index in [-0.39, 0.29) is 23.5 Å². The molecule has 3 aliphatic rings. The highest BCUT2D eigenvalue weighted by atomic mass is 16.3. The van der Waals surface area contributed by atoms with E-state index in [1.807, 2.05) is 6.08 Å². The smallest absolute Gasteiger partial charge is 0.0594 e. The fraction of sp³-hybridized carbons (Fsp3) is 0.800. The van der Waals surface area contributed by atoms with Crippen molar-refractivity contribution < 1.29 is 10.2 Å². The first-order valence-corrected chi connectivity index (χ1v) is 8.93. The molecule has 0 aliphatic heterocycles. The Morgan fingerprint density at radius 3 is 2.59 bits per heavy atom. The van der Waals surface area contributed by atoms with Crippen LogP contribution in [0.2, 0.25) is 0 Å². The highest BCUT2D eigenvalue weighted by Crippen LogP contribution is 2.63. The molecule has 3 rings (SSSR count). The normalized spacial score (nSPS) is 47.1. The summed E-state index contributed by atoms with van der Waals surface area (Å²) in [7, 11) is 0. The van der Waals surface area contributed by atoms with Crippen LogP contribution < -0.4 is 0 Å². The highest BCUT2D eigenvalue weighted by Gasteiger charge is 2.57. The fourth-order valence-corrected chi connectivity index (χ4v) is 6.00. The summed E-state index contributed by atoms with van der Waals surface area (Å²) >= 11 is 0. The SMILES string of the molecule is C=C[C@]1(CO)C=C2CC[C@H]3C(C)(C)[C@H](O)CC[C@]3(C)[C@H]2CC1. The molecule has 0 amide bonds. The predicted octanol–water partition coefficient (Wildman–Crippen LogP) is 4.08. The molecule has 3 aliphatic carbocycles. The largest absolute Gasteiger partial charge is 0.395 e. The van der Waals surface area contributed by atoms with Crippen LogP contribution in [0.4, 0.5) is 0 Å². The third kappa shape index (κ3) is 2.14. The number of hydrogen-bond donors (Lipinski definition) is 2. The first-order chi connectivity index (χ1) is 10.3. The van der Waals surface area contributed by atoms with Crippen LogP contribution >= 0.6 is 0 Å². The lowest BCUT2D eigenvalue weighted by Gasteiger charge is -2.61. The summed E-state index contributed by atoms with van der Waals surface area (Å²) in [6.45, 7) is 11.1. The third-order valence-electron chi connectivity index (χ3n) is 7.55. The molecule has 0 saturated heterocycles. The standard InChI is InChI=1S/C20H32O2/c1-5-20(13-21)11-8-15-14(12-20)6-7-16-18(2,3)17(22)9-10-19(15,16)4/h5,12,15-17,21-22H,1,6-11,13H2,2-4H3/t15-,16-,17+,19+,20+/m0/s1. The van der Waals surface area contributed by atoms with Gasteiger partial charge in [0.25, 0.3) is 0 Å². The van der Waals surface area contributed by atoms with Crippen LogP contribution in [-0.2, 0) is 0 Å². The Balaban J connectivity index is 1.97. The van der Waals surface area contributed by atoms with Crippen LogP contribution in [0, 0.1) is 28.1 Å². The minimum atomic E-state index is -0.196. The Morgan fingerprint density at radius 2 is 1.95 bits per heavy atom. The topological polar surface area (TPSA) is 40.5 Å². The Hall–Kier alpha value is -0.600. The van der Waals surface area contributed by atoms with Gasteiger partial charge in [0, 0.05) is 5.41 Å². The second kappa shape index (κ2) is 5.21. The number of hydrogen-bond acceptors (Lipinski definition) is 2. The molecule has 22 heavy (non-hydrogen) atoms. The number of fused-ring (bicyclic) bond motifs is 3. The maximum absolute atomic E-state index is 10.5. The van der Waals surface area contributed by atoms with Crippen molar-refractivity contribution >= 4 is 0 Å². The van der Waals surface area contributed by atoms with Crippen LogP contribution in [0.15, 0.2) is 24.3 Å². The van der Waals surface area contributed by atoms with Crippen molar-refractivity contribution in [3.05, 3.63) is 24.3 Å². The van der Waals surface area contributed by atoms with Gasteiger partial charge in [-0.2, -0.15) is 0 Å². The zero-order chi connectivity index (χ0) is 16.2.